The van der Waals surface area contributed by atoms with E-state index in [0.717, 1.165) is 33.2 Å². The van der Waals surface area contributed by atoms with Crippen LogP contribution in [0.25, 0.3) is 55.3 Å². The molecule has 2 heteroatoms. The minimum absolute atomic E-state index is 0.122. The first kappa shape index (κ1) is 29.1. The van der Waals surface area contributed by atoms with Gasteiger partial charge in [-0.15, -0.1) is 0 Å². The number of para-hydroxylation sites is 2. The monoisotopic (exact) mass is 643 g/mol. The Balaban J connectivity index is 1.32. The largest absolute Gasteiger partial charge is 0.456 e. The Hall–Kier alpha value is -5.86. The van der Waals surface area contributed by atoms with Gasteiger partial charge in [0.05, 0.1) is 17.1 Å². The number of benzene rings is 7. The zero-order chi connectivity index (χ0) is 33.8. The summed E-state index contributed by atoms with van der Waals surface area (Å²) in [7, 11) is 0. The van der Waals surface area contributed by atoms with Crippen LogP contribution in [0.3, 0.4) is 0 Å². The lowest BCUT2D eigenvalue weighted by molar-refractivity contribution is 0.659. The molecule has 50 heavy (non-hydrogen) atoms. The second-order valence-electron chi connectivity index (χ2n) is 14.9. The third kappa shape index (κ3) is 3.85. The minimum atomic E-state index is -0.203. The lowest BCUT2D eigenvalue weighted by Gasteiger charge is -2.35. The average Bonchev–Trinajstić information content (AvgIpc) is 3.73. The molecule has 0 fully saturated rings. The zero-order valence-electron chi connectivity index (χ0n) is 28.8. The molecule has 0 N–H and O–H groups in total. The SMILES string of the molecule is CC1(C)c2ccccc2-c2c(N(c3ccccc3-c3cccc4oc5ccccc5c34)c3cccc4c3C(C)(C)c3ccccc3-4)cccc21. The number of hydrogen-bond acceptors (Lipinski definition) is 2. The molecule has 10 rings (SSSR count). The van der Waals surface area contributed by atoms with Crippen molar-refractivity contribution in [3.63, 3.8) is 0 Å². The molecule has 0 aliphatic heterocycles. The summed E-state index contributed by atoms with van der Waals surface area (Å²) < 4.78 is 6.42. The molecule has 2 aliphatic rings. The van der Waals surface area contributed by atoms with Crippen LogP contribution in [-0.2, 0) is 10.8 Å². The van der Waals surface area contributed by atoms with Crippen molar-refractivity contribution in [2.24, 2.45) is 0 Å². The normalized spacial score (nSPS) is 14.7. The topological polar surface area (TPSA) is 16.4 Å². The Morgan fingerprint density at radius 3 is 1.78 bits per heavy atom. The third-order valence-electron chi connectivity index (χ3n) is 11.5. The minimum Gasteiger partial charge on any atom is -0.456 e. The molecule has 0 atom stereocenters. The summed E-state index contributed by atoms with van der Waals surface area (Å²) in [6.07, 6.45) is 0. The molecule has 240 valence electrons. The molecule has 0 bridgehead atoms. The summed E-state index contributed by atoms with van der Waals surface area (Å²) in [5, 5.41) is 2.28. The summed E-state index contributed by atoms with van der Waals surface area (Å²) in [6.45, 7) is 9.50. The van der Waals surface area contributed by atoms with E-state index >= 15 is 0 Å². The first-order valence-electron chi connectivity index (χ1n) is 17.6. The van der Waals surface area contributed by atoms with Crippen LogP contribution in [-0.4, -0.2) is 0 Å². The standard InChI is InChI=1S/C48H37NO/c1-47(2)37-23-10-6-18-34(37)45-38(47)24-15-26-40(45)49(41-27-13-21-33-30-16-5-9-22-36(30)48(3,4)46(33)41)39-25-11-7-17-31(39)32-20-14-29-43-44(32)35-19-8-12-28-42(35)50-43/h5-29H,1-4H3. The van der Waals surface area contributed by atoms with E-state index in [1.54, 1.807) is 0 Å². The van der Waals surface area contributed by atoms with Gasteiger partial charge >= 0.3 is 0 Å². The molecule has 1 heterocycles. The molecule has 2 aliphatic carbocycles. The number of anilines is 3. The van der Waals surface area contributed by atoms with Crippen LogP contribution in [0.1, 0.15) is 49.9 Å². The van der Waals surface area contributed by atoms with E-state index in [4.69, 9.17) is 4.42 Å². The van der Waals surface area contributed by atoms with Gasteiger partial charge < -0.3 is 9.32 Å². The second kappa shape index (κ2) is 10.3. The van der Waals surface area contributed by atoms with E-state index in [1.165, 1.54) is 61.4 Å². The Morgan fingerprint density at radius 2 is 0.940 bits per heavy atom. The van der Waals surface area contributed by atoms with Crippen LogP contribution < -0.4 is 4.90 Å². The van der Waals surface area contributed by atoms with Gasteiger partial charge in [0.1, 0.15) is 11.2 Å². The highest BCUT2D eigenvalue weighted by molar-refractivity contribution is 6.14. The van der Waals surface area contributed by atoms with E-state index in [0.29, 0.717) is 0 Å². The highest BCUT2D eigenvalue weighted by Crippen LogP contribution is 2.59. The molecule has 8 aromatic rings. The number of rotatable bonds is 4. The second-order valence-corrected chi connectivity index (χ2v) is 14.9. The molecule has 0 amide bonds. The predicted octanol–water partition coefficient (Wildman–Crippen LogP) is 13.3. The first-order valence-corrected chi connectivity index (χ1v) is 17.6. The number of fused-ring (bicyclic) bond motifs is 9. The molecule has 2 nitrogen and oxygen atoms in total. The number of nitrogens with zero attached hydrogens (tertiary/aromatic N) is 1. The van der Waals surface area contributed by atoms with Crippen molar-refractivity contribution in [1.29, 1.82) is 0 Å². The van der Waals surface area contributed by atoms with Gasteiger partial charge in [0.15, 0.2) is 0 Å². The summed E-state index contributed by atoms with van der Waals surface area (Å²) in [5.74, 6) is 0. The van der Waals surface area contributed by atoms with Gasteiger partial charge in [-0.05, 0) is 74.8 Å². The van der Waals surface area contributed by atoms with Crippen molar-refractivity contribution in [2.45, 2.75) is 38.5 Å². The van der Waals surface area contributed by atoms with Crippen molar-refractivity contribution >= 4 is 39.0 Å². The maximum atomic E-state index is 6.42. The first-order chi connectivity index (χ1) is 24.4. The van der Waals surface area contributed by atoms with E-state index in [2.05, 4.69) is 178 Å². The Kier molecular flexibility index (Phi) is 6.01. The van der Waals surface area contributed by atoms with E-state index in [9.17, 15) is 0 Å². The van der Waals surface area contributed by atoms with E-state index in [1.807, 2.05) is 6.07 Å². The lowest BCUT2D eigenvalue weighted by Crippen LogP contribution is -2.21. The molecule has 7 aromatic carbocycles. The van der Waals surface area contributed by atoms with Gasteiger partial charge in [-0.25, -0.2) is 0 Å². The smallest absolute Gasteiger partial charge is 0.136 e. The van der Waals surface area contributed by atoms with E-state index in [-0.39, 0.29) is 10.8 Å². The number of hydrogen-bond donors (Lipinski definition) is 0. The molecule has 1 aromatic heterocycles. The van der Waals surface area contributed by atoms with Crippen LogP contribution in [0, 0.1) is 0 Å². The fourth-order valence-electron chi connectivity index (χ4n) is 9.21. The van der Waals surface area contributed by atoms with Gasteiger partial charge in [-0.2, -0.15) is 0 Å². The highest BCUT2D eigenvalue weighted by Gasteiger charge is 2.41. The van der Waals surface area contributed by atoms with Crippen LogP contribution in [0.5, 0.6) is 0 Å². The summed E-state index contributed by atoms with van der Waals surface area (Å²) in [6, 6.07) is 55.5. The molecule has 0 spiro atoms. The van der Waals surface area contributed by atoms with Gasteiger partial charge in [-0.1, -0.05) is 149 Å². The Bertz CT molecular complexity index is 2670. The summed E-state index contributed by atoms with van der Waals surface area (Å²) >= 11 is 0. The molecule has 0 saturated carbocycles. The molecule has 0 saturated heterocycles. The van der Waals surface area contributed by atoms with E-state index < -0.39 is 0 Å². The van der Waals surface area contributed by atoms with Gasteiger partial charge in [0.25, 0.3) is 0 Å². The van der Waals surface area contributed by atoms with Gasteiger partial charge in [0, 0.05) is 32.7 Å². The number of furan rings is 1. The van der Waals surface area contributed by atoms with Crippen molar-refractivity contribution in [1.82, 2.24) is 0 Å². The molecule has 0 unspecified atom stereocenters. The molecule has 0 radical (unpaired) electrons. The van der Waals surface area contributed by atoms with Crippen molar-refractivity contribution < 1.29 is 4.42 Å². The fourth-order valence-corrected chi connectivity index (χ4v) is 9.21. The van der Waals surface area contributed by atoms with Gasteiger partial charge in [0.2, 0.25) is 0 Å². The fraction of sp³-hybridized carbons (Fsp3) is 0.125. The highest BCUT2D eigenvalue weighted by atomic mass is 16.3. The van der Waals surface area contributed by atoms with Crippen LogP contribution >= 0.6 is 0 Å². The van der Waals surface area contributed by atoms with Crippen LogP contribution in [0.4, 0.5) is 17.1 Å². The van der Waals surface area contributed by atoms with Crippen molar-refractivity contribution in [3.8, 4) is 33.4 Å². The predicted molar refractivity (Wildman–Crippen MR) is 209 cm³/mol. The van der Waals surface area contributed by atoms with Crippen molar-refractivity contribution in [3.05, 3.63) is 174 Å². The summed E-state index contributed by atoms with van der Waals surface area (Å²) in [4.78, 5) is 2.57. The third-order valence-corrected chi connectivity index (χ3v) is 11.5. The molecular weight excluding hydrogens is 607 g/mol. The van der Waals surface area contributed by atoms with Gasteiger partial charge in [-0.3, -0.25) is 0 Å². The Labute approximate surface area is 293 Å². The van der Waals surface area contributed by atoms with Crippen LogP contribution in [0.2, 0.25) is 0 Å². The average molecular weight is 644 g/mol. The maximum absolute atomic E-state index is 6.42. The molecular formula is C48H37NO. The quantitative estimate of drug-likeness (QED) is 0.190. The lowest BCUT2D eigenvalue weighted by atomic mass is 9.81. The van der Waals surface area contributed by atoms with Crippen molar-refractivity contribution in [2.75, 3.05) is 4.90 Å². The zero-order valence-corrected chi connectivity index (χ0v) is 28.8. The van der Waals surface area contributed by atoms with Crippen LogP contribution in [0.15, 0.2) is 156 Å². The Morgan fingerprint density at radius 1 is 0.400 bits per heavy atom. The summed E-state index contributed by atoms with van der Waals surface area (Å²) in [5.41, 5.74) is 18.0. The maximum Gasteiger partial charge on any atom is 0.136 e.